The standard InChI is InChI=1S/C19H22N2O4S2/c1-4-10-25-17(22)12-6-8-13(9-7-12)20-19(26)21-16-15(18(23)24-3)11-14(5-2)27-16/h6-9,11H,4-5,10H2,1-3H3,(H2,20,21,26). The van der Waals surface area contributed by atoms with Crippen molar-refractivity contribution in [3.8, 4) is 0 Å². The molecule has 0 saturated carbocycles. The van der Waals surface area contributed by atoms with E-state index in [2.05, 4.69) is 10.6 Å². The van der Waals surface area contributed by atoms with Gasteiger partial charge in [0.25, 0.3) is 0 Å². The highest BCUT2D eigenvalue weighted by molar-refractivity contribution is 7.80. The summed E-state index contributed by atoms with van der Waals surface area (Å²) in [6.07, 6.45) is 1.59. The van der Waals surface area contributed by atoms with E-state index in [1.165, 1.54) is 18.4 Å². The Bertz CT molecular complexity index is 816. The number of thiophene rings is 1. The van der Waals surface area contributed by atoms with E-state index in [9.17, 15) is 9.59 Å². The van der Waals surface area contributed by atoms with E-state index in [0.29, 0.717) is 33.5 Å². The molecule has 0 radical (unpaired) electrons. The van der Waals surface area contributed by atoms with E-state index in [4.69, 9.17) is 21.7 Å². The molecule has 0 bridgehead atoms. The van der Waals surface area contributed by atoms with E-state index in [1.54, 1.807) is 30.3 Å². The second-order valence-corrected chi connectivity index (χ2v) is 7.14. The van der Waals surface area contributed by atoms with Crippen LogP contribution in [0.4, 0.5) is 10.7 Å². The molecule has 0 fully saturated rings. The number of carbonyl (C=O) groups excluding carboxylic acids is 2. The quantitative estimate of drug-likeness (QED) is 0.519. The minimum atomic E-state index is -0.411. The summed E-state index contributed by atoms with van der Waals surface area (Å²) in [6.45, 7) is 4.35. The summed E-state index contributed by atoms with van der Waals surface area (Å²) >= 11 is 6.78. The molecule has 0 saturated heterocycles. The minimum Gasteiger partial charge on any atom is -0.465 e. The zero-order chi connectivity index (χ0) is 19.8. The van der Waals surface area contributed by atoms with Gasteiger partial charge in [0.05, 0.1) is 24.8 Å². The summed E-state index contributed by atoms with van der Waals surface area (Å²) < 4.78 is 9.91. The van der Waals surface area contributed by atoms with E-state index < -0.39 is 5.97 Å². The highest BCUT2D eigenvalue weighted by Crippen LogP contribution is 2.29. The fourth-order valence-electron chi connectivity index (χ4n) is 2.20. The van der Waals surface area contributed by atoms with Gasteiger partial charge in [0.2, 0.25) is 0 Å². The number of thiocarbonyl (C=S) groups is 1. The maximum Gasteiger partial charge on any atom is 0.340 e. The Kier molecular flexibility index (Phi) is 7.75. The van der Waals surface area contributed by atoms with Gasteiger partial charge in [-0.3, -0.25) is 0 Å². The van der Waals surface area contributed by atoms with Gasteiger partial charge in [0, 0.05) is 10.6 Å². The number of carbonyl (C=O) groups is 2. The van der Waals surface area contributed by atoms with Crippen molar-refractivity contribution in [2.45, 2.75) is 26.7 Å². The van der Waals surface area contributed by atoms with Crippen molar-refractivity contribution < 1.29 is 19.1 Å². The van der Waals surface area contributed by atoms with E-state index in [1.807, 2.05) is 13.8 Å². The molecule has 1 heterocycles. The third kappa shape index (κ3) is 5.77. The molecule has 0 spiro atoms. The fraction of sp³-hybridized carbons (Fsp3) is 0.316. The average Bonchev–Trinajstić information content (AvgIpc) is 3.08. The molecule has 0 atom stereocenters. The van der Waals surface area contributed by atoms with Gasteiger partial charge >= 0.3 is 11.9 Å². The summed E-state index contributed by atoms with van der Waals surface area (Å²) in [5, 5.41) is 7.05. The molecule has 2 rings (SSSR count). The van der Waals surface area contributed by atoms with Crippen molar-refractivity contribution >= 4 is 51.3 Å². The smallest absolute Gasteiger partial charge is 0.340 e. The SMILES string of the molecule is CCCOC(=O)c1ccc(NC(=S)Nc2sc(CC)cc2C(=O)OC)cc1. The first-order chi connectivity index (χ1) is 13.0. The Morgan fingerprint density at radius 2 is 1.81 bits per heavy atom. The van der Waals surface area contributed by atoms with Gasteiger partial charge < -0.3 is 20.1 Å². The van der Waals surface area contributed by atoms with Crippen LogP contribution in [0.25, 0.3) is 0 Å². The van der Waals surface area contributed by atoms with Crippen LogP contribution in [0.2, 0.25) is 0 Å². The largest absolute Gasteiger partial charge is 0.465 e. The van der Waals surface area contributed by atoms with Crippen LogP contribution in [0.3, 0.4) is 0 Å². The zero-order valence-electron chi connectivity index (χ0n) is 15.5. The Morgan fingerprint density at radius 3 is 2.41 bits per heavy atom. The lowest BCUT2D eigenvalue weighted by atomic mass is 10.2. The number of ether oxygens (including phenoxy) is 2. The van der Waals surface area contributed by atoms with Crippen LogP contribution in [0.5, 0.6) is 0 Å². The number of benzene rings is 1. The number of rotatable bonds is 7. The highest BCUT2D eigenvalue weighted by atomic mass is 32.1. The van der Waals surface area contributed by atoms with Gasteiger partial charge in [0.15, 0.2) is 5.11 Å². The number of methoxy groups -OCH3 is 1. The van der Waals surface area contributed by atoms with Crippen LogP contribution in [0, 0.1) is 0 Å². The lowest BCUT2D eigenvalue weighted by Crippen LogP contribution is -2.20. The van der Waals surface area contributed by atoms with Crippen LogP contribution in [0.15, 0.2) is 30.3 Å². The summed E-state index contributed by atoms with van der Waals surface area (Å²) in [5.41, 5.74) is 1.65. The lowest BCUT2D eigenvalue weighted by molar-refractivity contribution is 0.0504. The predicted molar refractivity (Wildman–Crippen MR) is 112 cm³/mol. The third-order valence-corrected chi connectivity index (χ3v) is 4.98. The maximum absolute atomic E-state index is 11.9. The number of hydrogen-bond donors (Lipinski definition) is 2. The number of nitrogens with one attached hydrogen (secondary N) is 2. The van der Waals surface area contributed by atoms with E-state index in [-0.39, 0.29) is 5.97 Å². The number of anilines is 2. The number of aryl methyl sites for hydroxylation is 1. The van der Waals surface area contributed by atoms with Crippen LogP contribution in [-0.2, 0) is 15.9 Å². The van der Waals surface area contributed by atoms with Crippen molar-refractivity contribution in [1.82, 2.24) is 0 Å². The minimum absolute atomic E-state index is 0.339. The Morgan fingerprint density at radius 1 is 1.11 bits per heavy atom. The fourth-order valence-corrected chi connectivity index (χ4v) is 3.48. The topological polar surface area (TPSA) is 76.7 Å². The van der Waals surface area contributed by atoms with Gasteiger partial charge in [-0.25, -0.2) is 9.59 Å². The third-order valence-electron chi connectivity index (χ3n) is 3.58. The predicted octanol–water partition coefficient (Wildman–Crippen LogP) is 4.47. The van der Waals surface area contributed by atoms with E-state index >= 15 is 0 Å². The maximum atomic E-state index is 11.9. The first-order valence-corrected chi connectivity index (χ1v) is 9.77. The summed E-state index contributed by atoms with van der Waals surface area (Å²) in [7, 11) is 1.35. The van der Waals surface area contributed by atoms with Crippen molar-refractivity contribution in [3.63, 3.8) is 0 Å². The molecule has 1 aromatic heterocycles. The molecule has 0 amide bonds. The molecule has 0 unspecified atom stereocenters. The van der Waals surface area contributed by atoms with Gasteiger partial charge in [-0.05, 0) is 55.4 Å². The van der Waals surface area contributed by atoms with E-state index in [0.717, 1.165) is 17.7 Å². The van der Waals surface area contributed by atoms with Crippen molar-refractivity contribution in [2.75, 3.05) is 24.4 Å². The molecule has 144 valence electrons. The normalized spacial score (nSPS) is 10.2. The zero-order valence-corrected chi connectivity index (χ0v) is 17.1. The summed E-state index contributed by atoms with van der Waals surface area (Å²) in [6, 6.07) is 8.62. The monoisotopic (exact) mass is 406 g/mol. The van der Waals surface area contributed by atoms with Gasteiger partial charge in [0.1, 0.15) is 5.00 Å². The number of esters is 2. The Hall–Kier alpha value is -2.45. The lowest BCUT2D eigenvalue weighted by Gasteiger charge is -2.11. The van der Waals surface area contributed by atoms with Crippen molar-refractivity contribution in [1.29, 1.82) is 0 Å². The van der Waals surface area contributed by atoms with Crippen molar-refractivity contribution in [2.24, 2.45) is 0 Å². The molecule has 0 aliphatic heterocycles. The first kappa shape index (κ1) is 20.9. The second kappa shape index (κ2) is 10.0. The van der Waals surface area contributed by atoms with Crippen LogP contribution in [-0.4, -0.2) is 30.8 Å². The Balaban J connectivity index is 2.03. The average molecular weight is 407 g/mol. The molecule has 1 aromatic carbocycles. The van der Waals surface area contributed by atoms with Crippen molar-refractivity contribution in [3.05, 3.63) is 46.3 Å². The summed E-state index contributed by atoms with van der Waals surface area (Å²) in [4.78, 5) is 24.8. The molecule has 2 N–H and O–H groups in total. The second-order valence-electron chi connectivity index (χ2n) is 5.59. The molecule has 0 aliphatic carbocycles. The molecular weight excluding hydrogens is 384 g/mol. The summed E-state index contributed by atoms with van der Waals surface area (Å²) in [5.74, 6) is -0.760. The molecule has 2 aromatic rings. The Labute approximate surface area is 167 Å². The van der Waals surface area contributed by atoms with Gasteiger partial charge in [-0.1, -0.05) is 13.8 Å². The molecular formula is C19H22N2O4S2. The van der Waals surface area contributed by atoms with Crippen LogP contribution < -0.4 is 10.6 Å². The van der Waals surface area contributed by atoms with Crippen LogP contribution in [0.1, 0.15) is 45.9 Å². The molecule has 8 heteroatoms. The highest BCUT2D eigenvalue weighted by Gasteiger charge is 2.17. The first-order valence-electron chi connectivity index (χ1n) is 8.54. The molecule has 27 heavy (non-hydrogen) atoms. The van der Waals surface area contributed by atoms with Gasteiger partial charge in [-0.15, -0.1) is 11.3 Å². The molecule has 6 nitrogen and oxygen atoms in total. The molecule has 0 aliphatic rings. The number of hydrogen-bond acceptors (Lipinski definition) is 6. The van der Waals surface area contributed by atoms with Crippen LogP contribution >= 0.6 is 23.6 Å². The van der Waals surface area contributed by atoms with Gasteiger partial charge in [-0.2, -0.15) is 0 Å².